The van der Waals surface area contributed by atoms with Crippen LogP contribution in [0, 0.1) is 11.8 Å². The molecule has 3 fully saturated rings. The van der Waals surface area contributed by atoms with Gasteiger partial charge in [0, 0.05) is 37.2 Å². The normalized spacial score (nSPS) is 22.6. The predicted molar refractivity (Wildman–Crippen MR) is 149 cm³/mol. The van der Waals surface area contributed by atoms with Gasteiger partial charge < -0.3 is 23.8 Å². The second-order valence-electron chi connectivity index (χ2n) is 11.1. The van der Waals surface area contributed by atoms with E-state index >= 15 is 0 Å². The molecule has 0 amide bonds. The van der Waals surface area contributed by atoms with E-state index in [0.717, 1.165) is 61.6 Å². The number of imidazole rings is 1. The van der Waals surface area contributed by atoms with Crippen molar-refractivity contribution in [1.82, 2.24) is 14.7 Å². The van der Waals surface area contributed by atoms with Crippen molar-refractivity contribution >= 4 is 46.2 Å². The van der Waals surface area contributed by atoms with E-state index < -0.39 is 5.97 Å². The molecule has 10 heteroatoms. The largest absolute Gasteiger partial charge is 0.478 e. The number of aromatic nitrogens is 3. The summed E-state index contributed by atoms with van der Waals surface area (Å²) in [5, 5.41) is 14.8. The molecule has 3 atom stereocenters. The average molecular weight is 567 g/mol. The maximum Gasteiger partial charge on any atom is 0.335 e. The lowest BCUT2D eigenvalue weighted by Gasteiger charge is -2.20. The fraction of sp³-hybridized carbons (Fsp3) is 0.414. The Morgan fingerprint density at radius 1 is 1.13 bits per heavy atom. The van der Waals surface area contributed by atoms with Gasteiger partial charge in [0.25, 0.3) is 0 Å². The van der Waals surface area contributed by atoms with E-state index in [1.165, 1.54) is 0 Å². The number of fused-ring (bicyclic) bond motifs is 2. The number of nitrogens with zero attached hydrogens (tertiary/aromatic N) is 4. The SMILES string of the molecule is Cn1c(N2C[C@H]3CC(OCc4c(-c5c(Cl)cccc5Cl)noc4C4CC4)C[C@H]3C2)nc2cc(C(=O)O)ccc21. The molecule has 7 rings (SSSR count). The van der Waals surface area contributed by atoms with E-state index in [1.54, 1.807) is 12.1 Å². The Labute approximate surface area is 235 Å². The minimum absolute atomic E-state index is 0.164. The van der Waals surface area contributed by atoms with Crippen LogP contribution in [0.1, 0.15) is 53.3 Å². The number of benzene rings is 2. The number of rotatable bonds is 7. The Morgan fingerprint density at radius 2 is 1.85 bits per heavy atom. The predicted octanol–water partition coefficient (Wildman–Crippen LogP) is 6.54. The molecule has 2 aromatic heterocycles. The van der Waals surface area contributed by atoms with Crippen LogP contribution in [0.2, 0.25) is 10.0 Å². The molecular formula is C29H28Cl2N4O4. The molecule has 1 unspecified atom stereocenters. The van der Waals surface area contributed by atoms with E-state index in [0.29, 0.717) is 51.2 Å². The van der Waals surface area contributed by atoms with Gasteiger partial charge >= 0.3 is 5.97 Å². The second-order valence-corrected chi connectivity index (χ2v) is 11.9. The van der Waals surface area contributed by atoms with Crippen LogP contribution in [0.3, 0.4) is 0 Å². The zero-order chi connectivity index (χ0) is 26.8. The standard InChI is InChI=1S/C29H28Cl2N4O4/c1-34-24-8-7-16(28(36)37)11-23(24)32-29(34)35-12-17-9-19(10-18(17)13-35)38-14-20-26(33-39-27(20)15-5-6-15)25-21(30)3-2-4-22(25)31/h2-4,7-8,11,15,17-19H,5-6,9-10,12-14H2,1H3,(H,36,37)/t17-,18+,19?. The molecule has 0 spiro atoms. The summed E-state index contributed by atoms with van der Waals surface area (Å²) in [6.45, 7) is 2.25. The van der Waals surface area contributed by atoms with Crippen LogP contribution in [0.5, 0.6) is 0 Å². The van der Waals surface area contributed by atoms with Crippen molar-refractivity contribution in [3.8, 4) is 11.3 Å². The minimum atomic E-state index is -0.941. The molecule has 3 aliphatic rings. The summed E-state index contributed by atoms with van der Waals surface area (Å²) in [4.78, 5) is 18.5. The van der Waals surface area contributed by atoms with Crippen molar-refractivity contribution in [3.63, 3.8) is 0 Å². The zero-order valence-corrected chi connectivity index (χ0v) is 23.0. The molecule has 39 heavy (non-hydrogen) atoms. The molecule has 202 valence electrons. The molecule has 4 aromatic rings. The van der Waals surface area contributed by atoms with Gasteiger partial charge in [0.1, 0.15) is 11.5 Å². The number of carboxylic acid groups (broad SMARTS) is 1. The molecule has 0 bridgehead atoms. The van der Waals surface area contributed by atoms with Crippen LogP contribution in [0.25, 0.3) is 22.3 Å². The highest BCUT2D eigenvalue weighted by Crippen LogP contribution is 2.47. The number of carbonyl (C=O) groups is 1. The molecule has 2 saturated carbocycles. The maximum absolute atomic E-state index is 11.4. The molecule has 8 nitrogen and oxygen atoms in total. The van der Waals surface area contributed by atoms with Crippen LogP contribution in [-0.2, 0) is 18.4 Å². The van der Waals surface area contributed by atoms with Crippen molar-refractivity contribution in [2.75, 3.05) is 18.0 Å². The number of aromatic carboxylic acids is 1. The first-order valence-electron chi connectivity index (χ1n) is 13.4. The molecule has 2 aliphatic carbocycles. The van der Waals surface area contributed by atoms with Gasteiger partial charge in [-0.05, 0) is 67.9 Å². The van der Waals surface area contributed by atoms with Crippen molar-refractivity contribution in [3.05, 3.63) is 63.3 Å². The van der Waals surface area contributed by atoms with Crippen molar-refractivity contribution in [1.29, 1.82) is 0 Å². The highest BCUT2D eigenvalue weighted by atomic mass is 35.5. The Bertz CT molecular complexity index is 1560. The number of halogens is 2. The Morgan fingerprint density at radius 3 is 2.51 bits per heavy atom. The lowest BCUT2D eigenvalue weighted by molar-refractivity contribution is 0.0402. The van der Waals surface area contributed by atoms with Gasteiger partial charge in [0.15, 0.2) is 0 Å². The third kappa shape index (κ3) is 4.39. The summed E-state index contributed by atoms with van der Waals surface area (Å²) in [7, 11) is 1.99. The van der Waals surface area contributed by atoms with E-state index in [-0.39, 0.29) is 11.7 Å². The molecule has 0 radical (unpaired) electrons. The first-order valence-corrected chi connectivity index (χ1v) is 14.1. The molecular weight excluding hydrogens is 539 g/mol. The van der Waals surface area contributed by atoms with Crippen LogP contribution < -0.4 is 4.90 Å². The summed E-state index contributed by atoms with van der Waals surface area (Å²) in [5.74, 6) is 2.28. The van der Waals surface area contributed by atoms with Gasteiger partial charge in [-0.3, -0.25) is 0 Å². The smallest absolute Gasteiger partial charge is 0.335 e. The average Bonchev–Trinajstić information content (AvgIpc) is 3.21. The maximum atomic E-state index is 11.4. The highest BCUT2D eigenvalue weighted by molar-refractivity contribution is 6.39. The Balaban J connectivity index is 1.05. The summed E-state index contributed by atoms with van der Waals surface area (Å²) < 4.78 is 14.4. The van der Waals surface area contributed by atoms with E-state index in [2.05, 4.69) is 14.6 Å². The highest BCUT2D eigenvalue weighted by Gasteiger charge is 2.43. The van der Waals surface area contributed by atoms with Gasteiger partial charge in [-0.15, -0.1) is 0 Å². The molecule has 3 heterocycles. The Hall–Kier alpha value is -3.07. The molecule has 1 saturated heterocycles. The van der Waals surface area contributed by atoms with Crippen LogP contribution in [0.15, 0.2) is 40.9 Å². The number of anilines is 1. The van der Waals surface area contributed by atoms with Crippen molar-refractivity contribution < 1.29 is 19.2 Å². The van der Waals surface area contributed by atoms with E-state index in [4.69, 9.17) is 37.4 Å². The fourth-order valence-corrected chi connectivity index (χ4v) is 6.97. The second kappa shape index (κ2) is 9.54. The van der Waals surface area contributed by atoms with E-state index in [9.17, 15) is 9.90 Å². The van der Waals surface area contributed by atoms with Crippen LogP contribution in [0.4, 0.5) is 5.95 Å². The monoisotopic (exact) mass is 566 g/mol. The van der Waals surface area contributed by atoms with Crippen molar-refractivity contribution in [2.24, 2.45) is 18.9 Å². The minimum Gasteiger partial charge on any atom is -0.478 e. The number of ether oxygens (including phenoxy) is 1. The first-order chi connectivity index (χ1) is 18.9. The number of hydrogen-bond acceptors (Lipinski definition) is 6. The summed E-state index contributed by atoms with van der Waals surface area (Å²) in [6, 6.07) is 10.6. The number of hydrogen-bond donors (Lipinski definition) is 1. The van der Waals surface area contributed by atoms with Gasteiger partial charge in [0.2, 0.25) is 5.95 Å². The molecule has 2 aromatic carbocycles. The number of carboxylic acids is 1. The van der Waals surface area contributed by atoms with Gasteiger partial charge in [0.05, 0.1) is 39.4 Å². The summed E-state index contributed by atoms with van der Waals surface area (Å²) in [5.41, 5.74) is 4.24. The third-order valence-electron chi connectivity index (χ3n) is 8.52. The molecule has 1 aliphatic heterocycles. The summed E-state index contributed by atoms with van der Waals surface area (Å²) in [6.07, 6.45) is 4.33. The summed E-state index contributed by atoms with van der Waals surface area (Å²) >= 11 is 13.0. The fourth-order valence-electron chi connectivity index (χ4n) is 6.40. The quantitative estimate of drug-likeness (QED) is 0.271. The zero-order valence-electron chi connectivity index (χ0n) is 21.4. The lowest BCUT2D eigenvalue weighted by atomic mass is 10.0. The lowest BCUT2D eigenvalue weighted by Crippen LogP contribution is -2.25. The van der Waals surface area contributed by atoms with E-state index in [1.807, 2.05) is 31.3 Å². The van der Waals surface area contributed by atoms with Gasteiger partial charge in [-0.25, -0.2) is 9.78 Å². The van der Waals surface area contributed by atoms with Crippen molar-refractivity contribution in [2.45, 2.75) is 44.3 Å². The first kappa shape index (κ1) is 24.9. The van der Waals surface area contributed by atoms with Gasteiger partial charge in [-0.2, -0.15) is 0 Å². The number of aryl methyl sites for hydroxylation is 1. The van der Waals surface area contributed by atoms with Gasteiger partial charge in [-0.1, -0.05) is 34.4 Å². The Kier molecular flexibility index (Phi) is 6.10. The van der Waals surface area contributed by atoms with Crippen LogP contribution >= 0.6 is 23.2 Å². The molecule has 1 N–H and O–H groups in total. The van der Waals surface area contributed by atoms with Crippen LogP contribution in [-0.4, -0.2) is 45.0 Å². The topological polar surface area (TPSA) is 93.6 Å². The third-order valence-corrected chi connectivity index (χ3v) is 9.15.